The van der Waals surface area contributed by atoms with Gasteiger partial charge in [-0.05, 0) is 61.1 Å². The molecule has 0 bridgehead atoms. The summed E-state index contributed by atoms with van der Waals surface area (Å²) < 4.78 is 5.24. The van der Waals surface area contributed by atoms with Crippen molar-refractivity contribution in [3.05, 3.63) is 64.7 Å². The highest BCUT2D eigenvalue weighted by molar-refractivity contribution is 5.94. The van der Waals surface area contributed by atoms with E-state index in [9.17, 15) is 4.79 Å². The molecule has 2 aromatic carbocycles. The van der Waals surface area contributed by atoms with E-state index < -0.39 is 0 Å². The van der Waals surface area contributed by atoms with Crippen molar-refractivity contribution in [2.75, 3.05) is 7.11 Å². The molecule has 0 fully saturated rings. The maximum Gasteiger partial charge on any atom is 0.251 e. The summed E-state index contributed by atoms with van der Waals surface area (Å²) >= 11 is 0. The number of methoxy groups -OCH3 is 1. The van der Waals surface area contributed by atoms with E-state index in [0.29, 0.717) is 5.56 Å². The zero-order valence-corrected chi connectivity index (χ0v) is 13.1. The van der Waals surface area contributed by atoms with E-state index in [-0.39, 0.29) is 11.9 Å². The highest BCUT2D eigenvalue weighted by atomic mass is 16.5. The van der Waals surface area contributed by atoms with Crippen LogP contribution in [0.2, 0.25) is 0 Å². The summed E-state index contributed by atoms with van der Waals surface area (Å²) in [4.78, 5) is 12.5. The molecule has 0 spiro atoms. The highest BCUT2D eigenvalue weighted by Crippen LogP contribution is 2.29. The number of ether oxygens (including phenoxy) is 1. The first-order valence-electron chi connectivity index (χ1n) is 7.72. The van der Waals surface area contributed by atoms with Crippen molar-refractivity contribution in [1.82, 2.24) is 5.32 Å². The lowest BCUT2D eigenvalue weighted by Gasteiger charge is -2.26. The van der Waals surface area contributed by atoms with Gasteiger partial charge in [0.15, 0.2) is 0 Å². The van der Waals surface area contributed by atoms with Crippen LogP contribution in [0, 0.1) is 6.92 Å². The number of amides is 1. The van der Waals surface area contributed by atoms with Crippen molar-refractivity contribution in [1.29, 1.82) is 0 Å². The van der Waals surface area contributed by atoms with Crippen molar-refractivity contribution in [2.24, 2.45) is 0 Å². The lowest BCUT2D eigenvalue weighted by molar-refractivity contribution is 0.0932. The largest absolute Gasteiger partial charge is 0.496 e. The standard InChI is InChI=1S/C19H21NO2/c1-13-12-15(10-11-18(13)22-2)19(21)20-17-9-5-7-14-6-3-4-8-16(14)17/h3-4,6,8,10-12,17H,5,7,9H2,1-2H3,(H,20,21). The second-order valence-corrected chi connectivity index (χ2v) is 5.80. The second kappa shape index (κ2) is 6.22. The maximum atomic E-state index is 12.5. The molecule has 1 amide bonds. The Bertz CT molecular complexity index is 694. The van der Waals surface area contributed by atoms with E-state index in [1.54, 1.807) is 7.11 Å². The molecule has 0 saturated carbocycles. The minimum atomic E-state index is -0.0209. The van der Waals surface area contributed by atoms with Gasteiger partial charge < -0.3 is 10.1 Å². The number of fused-ring (bicyclic) bond motifs is 1. The summed E-state index contributed by atoms with van der Waals surface area (Å²) in [6, 6.07) is 14.0. The molecule has 3 rings (SSSR count). The molecule has 0 aromatic heterocycles. The van der Waals surface area contributed by atoms with E-state index in [0.717, 1.165) is 30.6 Å². The molecule has 2 aromatic rings. The van der Waals surface area contributed by atoms with Crippen LogP contribution in [-0.2, 0) is 6.42 Å². The van der Waals surface area contributed by atoms with Gasteiger partial charge in [-0.3, -0.25) is 4.79 Å². The van der Waals surface area contributed by atoms with Crippen LogP contribution in [0.1, 0.15) is 45.9 Å². The normalized spacial score (nSPS) is 16.7. The second-order valence-electron chi connectivity index (χ2n) is 5.80. The fourth-order valence-electron chi connectivity index (χ4n) is 3.17. The summed E-state index contributed by atoms with van der Waals surface area (Å²) in [7, 11) is 1.64. The summed E-state index contributed by atoms with van der Waals surface area (Å²) in [5.74, 6) is 0.784. The predicted octanol–water partition coefficient (Wildman–Crippen LogP) is 3.81. The molecule has 0 saturated heterocycles. The smallest absolute Gasteiger partial charge is 0.251 e. The number of hydrogen-bond donors (Lipinski definition) is 1. The minimum Gasteiger partial charge on any atom is -0.496 e. The molecular formula is C19H21NO2. The minimum absolute atomic E-state index is 0.0209. The third kappa shape index (κ3) is 2.84. The van der Waals surface area contributed by atoms with Gasteiger partial charge in [0.2, 0.25) is 0 Å². The van der Waals surface area contributed by atoms with Crippen molar-refractivity contribution >= 4 is 5.91 Å². The van der Waals surface area contributed by atoms with Crippen LogP contribution in [0.4, 0.5) is 0 Å². The zero-order valence-electron chi connectivity index (χ0n) is 13.1. The molecule has 1 unspecified atom stereocenters. The average Bonchev–Trinajstić information content (AvgIpc) is 2.55. The average molecular weight is 295 g/mol. The van der Waals surface area contributed by atoms with E-state index in [4.69, 9.17) is 4.74 Å². The lowest BCUT2D eigenvalue weighted by Crippen LogP contribution is -2.31. The van der Waals surface area contributed by atoms with E-state index in [1.165, 1.54) is 11.1 Å². The first kappa shape index (κ1) is 14.6. The predicted molar refractivity (Wildman–Crippen MR) is 87.3 cm³/mol. The van der Waals surface area contributed by atoms with Crippen LogP contribution in [-0.4, -0.2) is 13.0 Å². The van der Waals surface area contributed by atoms with Gasteiger partial charge in [0, 0.05) is 5.56 Å². The molecule has 1 aliphatic carbocycles. The van der Waals surface area contributed by atoms with E-state index in [2.05, 4.69) is 23.5 Å². The Morgan fingerprint density at radius 3 is 2.82 bits per heavy atom. The Labute approximate surface area is 131 Å². The quantitative estimate of drug-likeness (QED) is 0.935. The lowest BCUT2D eigenvalue weighted by atomic mass is 9.87. The van der Waals surface area contributed by atoms with Crippen LogP contribution in [0.5, 0.6) is 5.75 Å². The molecule has 1 aliphatic rings. The number of hydrogen-bond acceptors (Lipinski definition) is 2. The fourth-order valence-corrected chi connectivity index (χ4v) is 3.17. The van der Waals surface area contributed by atoms with Gasteiger partial charge in [-0.25, -0.2) is 0 Å². The molecule has 0 radical (unpaired) electrons. The SMILES string of the molecule is COc1ccc(C(=O)NC2CCCc3ccccc32)cc1C. The van der Waals surface area contributed by atoms with Gasteiger partial charge in [0.05, 0.1) is 13.2 Å². The number of aryl methyl sites for hydroxylation is 2. The fraction of sp³-hybridized carbons (Fsp3) is 0.316. The van der Waals surface area contributed by atoms with E-state index >= 15 is 0 Å². The Hall–Kier alpha value is -2.29. The van der Waals surface area contributed by atoms with Gasteiger partial charge in [-0.2, -0.15) is 0 Å². The third-order valence-corrected chi connectivity index (χ3v) is 4.33. The summed E-state index contributed by atoms with van der Waals surface area (Å²) in [6.45, 7) is 1.95. The molecule has 22 heavy (non-hydrogen) atoms. The van der Waals surface area contributed by atoms with Gasteiger partial charge in [0.1, 0.15) is 5.75 Å². The molecule has 0 aliphatic heterocycles. The van der Waals surface area contributed by atoms with Crippen molar-refractivity contribution in [2.45, 2.75) is 32.2 Å². The van der Waals surface area contributed by atoms with Crippen LogP contribution >= 0.6 is 0 Å². The first-order chi connectivity index (χ1) is 10.7. The number of nitrogens with one attached hydrogen (secondary N) is 1. The highest BCUT2D eigenvalue weighted by Gasteiger charge is 2.22. The Morgan fingerprint density at radius 2 is 2.05 bits per heavy atom. The Morgan fingerprint density at radius 1 is 1.23 bits per heavy atom. The molecule has 3 nitrogen and oxygen atoms in total. The Balaban J connectivity index is 1.79. The molecule has 0 heterocycles. The number of carbonyl (C=O) groups excluding carboxylic acids is 1. The molecule has 114 valence electrons. The third-order valence-electron chi connectivity index (χ3n) is 4.33. The van der Waals surface area contributed by atoms with Crippen LogP contribution < -0.4 is 10.1 Å². The summed E-state index contributed by atoms with van der Waals surface area (Å²) in [5, 5.41) is 3.18. The van der Waals surface area contributed by atoms with Crippen LogP contribution in [0.15, 0.2) is 42.5 Å². The summed E-state index contributed by atoms with van der Waals surface area (Å²) in [6.07, 6.45) is 3.21. The van der Waals surface area contributed by atoms with Crippen LogP contribution in [0.25, 0.3) is 0 Å². The van der Waals surface area contributed by atoms with Crippen molar-refractivity contribution < 1.29 is 9.53 Å². The summed E-state index contributed by atoms with van der Waals surface area (Å²) in [5.41, 5.74) is 4.26. The Kier molecular flexibility index (Phi) is 4.14. The van der Waals surface area contributed by atoms with Crippen LogP contribution in [0.3, 0.4) is 0 Å². The van der Waals surface area contributed by atoms with Gasteiger partial charge >= 0.3 is 0 Å². The monoisotopic (exact) mass is 295 g/mol. The first-order valence-corrected chi connectivity index (χ1v) is 7.72. The van der Waals surface area contributed by atoms with Gasteiger partial charge in [-0.1, -0.05) is 24.3 Å². The van der Waals surface area contributed by atoms with Crippen molar-refractivity contribution in [3.63, 3.8) is 0 Å². The number of carbonyl (C=O) groups is 1. The maximum absolute atomic E-state index is 12.5. The molecular weight excluding hydrogens is 274 g/mol. The number of rotatable bonds is 3. The van der Waals surface area contributed by atoms with Crippen molar-refractivity contribution in [3.8, 4) is 5.75 Å². The molecule has 3 heteroatoms. The van der Waals surface area contributed by atoms with Gasteiger partial charge in [0.25, 0.3) is 5.91 Å². The topological polar surface area (TPSA) is 38.3 Å². The van der Waals surface area contributed by atoms with Gasteiger partial charge in [-0.15, -0.1) is 0 Å². The van der Waals surface area contributed by atoms with E-state index in [1.807, 2.05) is 31.2 Å². The molecule has 1 atom stereocenters. The molecule has 1 N–H and O–H groups in total. The zero-order chi connectivity index (χ0) is 15.5. The number of benzene rings is 2.